The number of aryl methyl sites for hydroxylation is 1. The molecule has 1 aromatic heterocycles. The van der Waals surface area contributed by atoms with Crippen molar-refractivity contribution in [3.8, 4) is 11.8 Å². The number of carbonyl (C=O) groups is 3. The van der Waals surface area contributed by atoms with Crippen molar-refractivity contribution < 1.29 is 24.2 Å². The summed E-state index contributed by atoms with van der Waals surface area (Å²) in [6.07, 6.45) is 0.338. The fourth-order valence-electron chi connectivity index (χ4n) is 4.82. The zero-order valence-corrected chi connectivity index (χ0v) is 22.6. The van der Waals surface area contributed by atoms with E-state index in [1.54, 1.807) is 58.9 Å². The number of hydrogen-bond donors (Lipinski definition) is 5. The van der Waals surface area contributed by atoms with Gasteiger partial charge in [-0.3, -0.25) is 19.6 Å². The number of ether oxygens (including phenoxy) is 1. The molecule has 3 unspecified atom stereocenters. The molecule has 0 saturated carbocycles. The highest BCUT2D eigenvalue weighted by Gasteiger charge is 2.46. The van der Waals surface area contributed by atoms with Crippen LogP contribution in [0.2, 0.25) is 0 Å². The van der Waals surface area contributed by atoms with E-state index in [9.17, 15) is 24.8 Å². The Hall–Kier alpha value is -4.48. The van der Waals surface area contributed by atoms with Gasteiger partial charge < -0.3 is 25.4 Å². The van der Waals surface area contributed by atoms with Gasteiger partial charge in [-0.25, -0.2) is 9.59 Å². The summed E-state index contributed by atoms with van der Waals surface area (Å²) in [5, 5.41) is 30.5. The molecule has 3 aromatic rings. The minimum atomic E-state index is -1.19. The van der Waals surface area contributed by atoms with Crippen LogP contribution in [-0.4, -0.2) is 57.5 Å². The molecule has 1 saturated heterocycles. The monoisotopic (exact) mass is 567 g/mol. The predicted molar refractivity (Wildman–Crippen MR) is 148 cm³/mol. The highest BCUT2D eigenvalue weighted by atomic mass is 32.1. The number of carboxylic acids is 1. The molecule has 5 N–H and O–H groups in total. The summed E-state index contributed by atoms with van der Waals surface area (Å²) in [6.45, 7) is 2.14. The number of nitriles is 1. The van der Waals surface area contributed by atoms with Crippen molar-refractivity contribution in [2.24, 2.45) is 11.8 Å². The molecule has 202 valence electrons. The van der Waals surface area contributed by atoms with Crippen LogP contribution in [0.15, 0.2) is 42.5 Å². The van der Waals surface area contributed by atoms with E-state index in [-0.39, 0.29) is 0 Å². The first kappa shape index (κ1) is 27.6. The number of benzene rings is 2. The maximum atomic E-state index is 12.7. The van der Waals surface area contributed by atoms with Crippen molar-refractivity contribution >= 4 is 59.5 Å². The largest absolute Gasteiger partial charge is 0.480 e. The van der Waals surface area contributed by atoms with E-state index < -0.39 is 35.8 Å². The zero-order valence-electron chi connectivity index (χ0n) is 20.9. The van der Waals surface area contributed by atoms with Crippen molar-refractivity contribution in [3.63, 3.8) is 0 Å². The highest BCUT2D eigenvalue weighted by molar-refractivity contribution is 7.72. The number of carbonyl (C=O) groups excluding carboxylic acids is 2. The molecule has 2 heterocycles. The fourth-order valence-corrected chi connectivity index (χ4v) is 5.37. The van der Waals surface area contributed by atoms with Crippen molar-refractivity contribution in [2.75, 3.05) is 29.2 Å². The van der Waals surface area contributed by atoms with E-state index >= 15 is 0 Å². The van der Waals surface area contributed by atoms with Crippen LogP contribution < -0.4 is 15.5 Å². The molecule has 2 amide bonds. The Morgan fingerprint density at radius 1 is 1.13 bits per heavy atom. The molecule has 0 spiro atoms. The van der Waals surface area contributed by atoms with Gasteiger partial charge in [0.1, 0.15) is 12.0 Å². The maximum Gasteiger partial charge on any atom is 0.326 e. The molecule has 39 heavy (non-hydrogen) atoms. The Morgan fingerprint density at radius 2 is 1.79 bits per heavy atom. The van der Waals surface area contributed by atoms with Gasteiger partial charge in [0.15, 0.2) is 9.54 Å². The minimum absolute atomic E-state index is 0.338. The van der Waals surface area contributed by atoms with E-state index in [4.69, 9.17) is 29.2 Å². The first-order valence-corrected chi connectivity index (χ1v) is 12.6. The summed E-state index contributed by atoms with van der Waals surface area (Å²) in [6, 6.07) is 12.4. The number of amides is 2. The van der Waals surface area contributed by atoms with E-state index in [0.717, 1.165) is 0 Å². The zero-order chi connectivity index (χ0) is 28.3. The number of methoxy groups -OCH3 is 1. The number of anilines is 3. The number of aromatic nitrogens is 3. The van der Waals surface area contributed by atoms with Gasteiger partial charge in [-0.15, -0.1) is 0 Å². The summed E-state index contributed by atoms with van der Waals surface area (Å²) < 4.78 is 7.10. The average molecular weight is 568 g/mol. The molecule has 1 aliphatic heterocycles. The minimum Gasteiger partial charge on any atom is -0.480 e. The molecule has 1 fully saturated rings. The van der Waals surface area contributed by atoms with Crippen LogP contribution in [0.5, 0.6) is 0 Å². The van der Waals surface area contributed by atoms with Crippen LogP contribution in [0.25, 0.3) is 5.69 Å². The molecule has 12 nitrogen and oxygen atoms in total. The number of carboxylic acid groups (broad SMARTS) is 1. The molecule has 2 aromatic carbocycles. The second-order valence-electron chi connectivity index (χ2n) is 8.89. The number of urea groups is 1. The lowest BCUT2D eigenvalue weighted by Gasteiger charge is -2.29. The van der Waals surface area contributed by atoms with Gasteiger partial charge in [0.2, 0.25) is 0 Å². The number of nitrogens with one attached hydrogen (secondary N) is 4. The van der Waals surface area contributed by atoms with Gasteiger partial charge in [0, 0.05) is 29.5 Å². The normalized spacial score (nSPS) is 17.2. The fraction of sp³-hybridized carbons (Fsp3) is 0.280. The average Bonchev–Trinajstić information content (AvgIpc) is 3.47. The Bertz CT molecular complexity index is 1560. The lowest BCUT2D eigenvalue weighted by molar-refractivity contribution is -0.146. The molecule has 0 bridgehead atoms. The Kier molecular flexibility index (Phi) is 8.12. The van der Waals surface area contributed by atoms with Crippen LogP contribution in [0.1, 0.15) is 12.0 Å². The quantitative estimate of drug-likeness (QED) is 0.208. The van der Waals surface area contributed by atoms with Crippen LogP contribution in [0, 0.1) is 39.6 Å². The molecular weight excluding hydrogens is 542 g/mol. The smallest absolute Gasteiger partial charge is 0.326 e. The Labute approximate surface area is 233 Å². The van der Waals surface area contributed by atoms with Crippen molar-refractivity contribution in [1.82, 2.24) is 14.8 Å². The molecule has 1 aliphatic rings. The number of nitrogens with zero attached hydrogens (tertiary/aromatic N) is 3. The molecule has 0 aliphatic carbocycles. The summed E-state index contributed by atoms with van der Waals surface area (Å²) in [5.41, 5.74) is 3.02. The maximum absolute atomic E-state index is 12.7. The van der Waals surface area contributed by atoms with E-state index in [1.165, 1.54) is 7.11 Å². The summed E-state index contributed by atoms with van der Waals surface area (Å²) in [5.74, 6) is -3.79. The molecule has 0 radical (unpaired) electrons. The second kappa shape index (κ2) is 11.5. The Balaban J connectivity index is 1.49. The predicted octanol–water partition coefficient (Wildman–Crippen LogP) is 4.14. The summed E-state index contributed by atoms with van der Waals surface area (Å²) >= 11 is 10.5. The number of aromatic amines is 2. The lowest BCUT2D eigenvalue weighted by atomic mass is 9.86. The lowest BCUT2D eigenvalue weighted by Crippen LogP contribution is -2.43. The van der Waals surface area contributed by atoms with Gasteiger partial charge in [-0.2, -0.15) is 5.26 Å². The van der Waals surface area contributed by atoms with Crippen molar-refractivity contribution in [3.05, 3.63) is 57.6 Å². The SMILES string of the molecule is COC(=O)C(C#N)C1CCN(c2ccc(NC(=O)Nc3cccc(-n4c(=S)[nH][nH]c4=S)c3)cc2C)C1C(=O)O. The second-order valence-corrected chi connectivity index (χ2v) is 9.66. The van der Waals surface area contributed by atoms with Crippen LogP contribution >= 0.6 is 24.4 Å². The third-order valence-corrected chi connectivity index (χ3v) is 7.10. The molecular formula is C25H25N7O5S2. The highest BCUT2D eigenvalue weighted by Crippen LogP contribution is 2.37. The van der Waals surface area contributed by atoms with Crippen molar-refractivity contribution in [2.45, 2.75) is 19.4 Å². The van der Waals surface area contributed by atoms with E-state index in [2.05, 4.69) is 20.8 Å². The number of H-pyrrole nitrogens is 2. The topological polar surface area (TPSA) is 168 Å². The van der Waals surface area contributed by atoms with Crippen molar-refractivity contribution in [1.29, 1.82) is 5.26 Å². The van der Waals surface area contributed by atoms with Gasteiger partial charge in [0.25, 0.3) is 0 Å². The number of hydrogen-bond acceptors (Lipinski definition) is 8. The van der Waals surface area contributed by atoms with Gasteiger partial charge in [-0.1, -0.05) is 6.07 Å². The molecule has 3 atom stereocenters. The third-order valence-electron chi connectivity index (χ3n) is 6.53. The number of aliphatic carboxylic acids is 1. The van der Waals surface area contributed by atoms with Crippen LogP contribution in [-0.2, 0) is 14.3 Å². The number of esters is 1. The van der Waals surface area contributed by atoms with Gasteiger partial charge in [0.05, 0.1) is 18.9 Å². The first-order valence-electron chi connectivity index (χ1n) is 11.8. The van der Waals surface area contributed by atoms with Crippen LogP contribution in [0.3, 0.4) is 0 Å². The van der Waals surface area contributed by atoms with Crippen LogP contribution in [0.4, 0.5) is 21.9 Å². The van der Waals surface area contributed by atoms with Gasteiger partial charge >= 0.3 is 18.0 Å². The molecule has 14 heteroatoms. The van der Waals surface area contributed by atoms with E-state index in [1.807, 2.05) is 6.07 Å². The summed E-state index contributed by atoms with van der Waals surface area (Å²) in [7, 11) is 1.17. The number of rotatable bonds is 7. The van der Waals surface area contributed by atoms with E-state index in [0.29, 0.717) is 50.8 Å². The molecule has 4 rings (SSSR count). The van der Waals surface area contributed by atoms with Gasteiger partial charge in [-0.05, 0) is 79.7 Å². The summed E-state index contributed by atoms with van der Waals surface area (Å²) in [4.78, 5) is 38.6. The standard InChI is InChI=1S/C25H25N7O5S2/c1-13-10-15(28-23(36)27-14-4-3-5-16(11-14)32-24(38)29-30-25(32)39)6-7-19(13)31-9-8-17(20(31)21(33)34)18(12-26)22(35)37-2/h3-7,10-11,17-18,20H,8-9H2,1-2H3,(H,29,38)(H,30,39)(H,33,34)(H2,27,28,36). The first-order chi connectivity index (χ1) is 18.6. The Morgan fingerprint density at radius 3 is 2.38 bits per heavy atom. The third kappa shape index (κ3) is 5.69.